The molecule has 4 nitrogen and oxygen atoms in total. The van der Waals surface area contributed by atoms with Crippen LogP contribution in [0.25, 0.3) is 0 Å². The monoisotopic (exact) mass is 222 g/mol. The van der Waals surface area contributed by atoms with Gasteiger partial charge >= 0.3 is 0 Å². The van der Waals surface area contributed by atoms with E-state index >= 15 is 0 Å². The minimum atomic E-state index is 0.188. The van der Waals surface area contributed by atoms with E-state index in [2.05, 4.69) is 9.98 Å². The Bertz CT molecular complexity index is 447. The molecule has 5 heteroatoms. The van der Waals surface area contributed by atoms with Crippen molar-refractivity contribution in [1.29, 1.82) is 0 Å². The number of rotatable bonds is 4. The van der Waals surface area contributed by atoms with Crippen molar-refractivity contribution < 1.29 is 9.59 Å². The van der Waals surface area contributed by atoms with Gasteiger partial charge in [0.2, 0.25) is 12.2 Å². The lowest BCUT2D eigenvalue weighted by molar-refractivity contribution is 0.561. The average molecular weight is 223 g/mol. The van der Waals surface area contributed by atoms with Gasteiger partial charge in [-0.3, -0.25) is 0 Å². The van der Waals surface area contributed by atoms with Crippen molar-refractivity contribution in [2.45, 2.75) is 13.1 Å². The molecule has 76 valence electrons. The Hall–Kier alpha value is -1.73. The number of benzene rings is 1. The molecule has 0 saturated carbocycles. The summed E-state index contributed by atoms with van der Waals surface area (Å²) in [7, 11) is 0. The number of isocyanates is 2. The topological polar surface area (TPSA) is 58.9 Å². The first-order chi connectivity index (χ1) is 7.27. The van der Waals surface area contributed by atoms with Crippen LogP contribution in [-0.4, -0.2) is 12.2 Å². The van der Waals surface area contributed by atoms with Crippen LogP contribution in [-0.2, 0) is 22.7 Å². The summed E-state index contributed by atoms with van der Waals surface area (Å²) < 4.78 is 0. The summed E-state index contributed by atoms with van der Waals surface area (Å²) in [5, 5.41) is 0.546. The van der Waals surface area contributed by atoms with E-state index in [1.165, 1.54) is 12.2 Å². The minimum Gasteiger partial charge on any atom is -0.211 e. The Morgan fingerprint density at radius 1 is 1.07 bits per heavy atom. The summed E-state index contributed by atoms with van der Waals surface area (Å²) in [6, 6.07) is 5.10. The second-order valence-electron chi connectivity index (χ2n) is 2.73. The van der Waals surface area contributed by atoms with Gasteiger partial charge in [-0.2, -0.15) is 0 Å². The number of hydrogen-bond donors (Lipinski definition) is 0. The van der Waals surface area contributed by atoms with Crippen molar-refractivity contribution >= 4 is 23.8 Å². The van der Waals surface area contributed by atoms with Gasteiger partial charge in [0, 0.05) is 5.02 Å². The molecule has 0 saturated heterocycles. The van der Waals surface area contributed by atoms with Crippen LogP contribution in [0.4, 0.5) is 0 Å². The highest BCUT2D eigenvalue weighted by atomic mass is 35.5. The van der Waals surface area contributed by atoms with Gasteiger partial charge in [0.25, 0.3) is 0 Å². The molecule has 0 fully saturated rings. The van der Waals surface area contributed by atoms with Crippen LogP contribution >= 0.6 is 11.6 Å². The number of hydrogen-bond acceptors (Lipinski definition) is 4. The minimum absolute atomic E-state index is 0.188. The normalized spacial score (nSPS) is 8.87. The second-order valence-corrected chi connectivity index (χ2v) is 3.16. The zero-order valence-electron chi connectivity index (χ0n) is 7.74. The summed E-state index contributed by atoms with van der Waals surface area (Å²) in [6.45, 7) is 0.401. The molecule has 0 radical (unpaired) electrons. The highest BCUT2D eigenvalue weighted by Gasteiger charge is 2.02. The van der Waals surface area contributed by atoms with Gasteiger partial charge in [0.15, 0.2) is 0 Å². The summed E-state index contributed by atoms with van der Waals surface area (Å²) in [5.41, 5.74) is 1.55. The van der Waals surface area contributed by atoms with Crippen molar-refractivity contribution in [3.05, 3.63) is 34.3 Å². The predicted octanol–water partition coefficient (Wildman–Crippen LogP) is 2.01. The Morgan fingerprint density at radius 3 is 2.27 bits per heavy atom. The largest absolute Gasteiger partial charge is 0.235 e. The molecule has 1 aromatic carbocycles. The highest BCUT2D eigenvalue weighted by Crippen LogP contribution is 2.17. The first kappa shape index (κ1) is 11.3. The van der Waals surface area contributed by atoms with Crippen LogP contribution in [0.5, 0.6) is 0 Å². The third-order valence-electron chi connectivity index (χ3n) is 1.80. The van der Waals surface area contributed by atoms with Crippen LogP contribution < -0.4 is 0 Å². The Balaban J connectivity index is 3.01. The molecule has 0 heterocycles. The van der Waals surface area contributed by atoms with E-state index in [9.17, 15) is 9.59 Å². The molecule has 0 amide bonds. The SMILES string of the molecule is O=C=NCc1ccc(Cl)cc1CN=C=O. The van der Waals surface area contributed by atoms with Crippen LogP contribution in [0, 0.1) is 0 Å². The van der Waals surface area contributed by atoms with E-state index in [0.717, 1.165) is 11.1 Å². The highest BCUT2D eigenvalue weighted by molar-refractivity contribution is 6.30. The van der Waals surface area contributed by atoms with Crippen molar-refractivity contribution in [2.75, 3.05) is 0 Å². The molecule has 0 aliphatic carbocycles. The zero-order valence-corrected chi connectivity index (χ0v) is 8.49. The Kier molecular flexibility index (Phi) is 4.45. The fourth-order valence-corrected chi connectivity index (χ4v) is 1.33. The lowest BCUT2D eigenvalue weighted by atomic mass is 10.1. The van der Waals surface area contributed by atoms with Gasteiger partial charge in [-0.1, -0.05) is 17.7 Å². The predicted molar refractivity (Wildman–Crippen MR) is 55.1 cm³/mol. The van der Waals surface area contributed by atoms with Crippen molar-refractivity contribution in [3.8, 4) is 0 Å². The van der Waals surface area contributed by atoms with Crippen molar-refractivity contribution in [1.82, 2.24) is 0 Å². The second kappa shape index (κ2) is 5.89. The fourth-order valence-electron chi connectivity index (χ4n) is 1.13. The first-order valence-electron chi connectivity index (χ1n) is 4.12. The van der Waals surface area contributed by atoms with E-state index in [1.807, 2.05) is 0 Å². The molecule has 0 aromatic heterocycles. The molecule has 15 heavy (non-hydrogen) atoms. The molecule has 0 bridgehead atoms. The van der Waals surface area contributed by atoms with E-state index < -0.39 is 0 Å². The first-order valence-corrected chi connectivity index (χ1v) is 4.50. The zero-order chi connectivity index (χ0) is 11.1. The summed E-state index contributed by atoms with van der Waals surface area (Å²) >= 11 is 5.78. The molecule has 0 aliphatic rings. The number of halogens is 1. The Labute approximate surface area is 91.3 Å². The molecule has 0 N–H and O–H groups in total. The smallest absolute Gasteiger partial charge is 0.211 e. The van der Waals surface area contributed by atoms with E-state index in [4.69, 9.17) is 11.6 Å². The van der Waals surface area contributed by atoms with Gasteiger partial charge in [0.05, 0.1) is 13.1 Å². The average Bonchev–Trinajstić information content (AvgIpc) is 2.25. The molecule has 1 aromatic rings. The molecular weight excluding hydrogens is 216 g/mol. The number of aliphatic imine (C=N–C) groups is 2. The molecule has 0 spiro atoms. The maximum Gasteiger partial charge on any atom is 0.235 e. The fraction of sp³-hybridized carbons (Fsp3) is 0.200. The molecule has 1 rings (SSSR count). The van der Waals surface area contributed by atoms with E-state index in [0.29, 0.717) is 5.02 Å². The van der Waals surface area contributed by atoms with Crippen LogP contribution in [0.15, 0.2) is 28.2 Å². The van der Waals surface area contributed by atoms with E-state index in [-0.39, 0.29) is 13.1 Å². The number of carbonyl (C=O) groups excluding carboxylic acids is 2. The lowest BCUT2D eigenvalue weighted by Crippen LogP contribution is -1.91. The van der Waals surface area contributed by atoms with Gasteiger partial charge in [-0.15, -0.1) is 0 Å². The molecular formula is C10H7ClN2O2. The van der Waals surface area contributed by atoms with Gasteiger partial charge in [-0.25, -0.2) is 19.6 Å². The van der Waals surface area contributed by atoms with Gasteiger partial charge in [-0.05, 0) is 23.3 Å². The summed E-state index contributed by atoms with van der Waals surface area (Å²) in [5.74, 6) is 0. The van der Waals surface area contributed by atoms with Gasteiger partial charge in [0.1, 0.15) is 0 Å². The van der Waals surface area contributed by atoms with Crippen molar-refractivity contribution in [3.63, 3.8) is 0 Å². The Morgan fingerprint density at radius 2 is 1.67 bits per heavy atom. The lowest BCUT2D eigenvalue weighted by Gasteiger charge is -2.03. The summed E-state index contributed by atoms with van der Waals surface area (Å²) in [4.78, 5) is 26.8. The van der Waals surface area contributed by atoms with Gasteiger partial charge < -0.3 is 0 Å². The van der Waals surface area contributed by atoms with Crippen molar-refractivity contribution in [2.24, 2.45) is 9.98 Å². The third kappa shape index (κ3) is 3.49. The quantitative estimate of drug-likeness (QED) is 0.578. The maximum atomic E-state index is 9.98. The molecule has 0 aliphatic heterocycles. The van der Waals surface area contributed by atoms with Crippen LogP contribution in [0.3, 0.4) is 0 Å². The summed E-state index contributed by atoms with van der Waals surface area (Å²) in [6.07, 6.45) is 2.89. The van der Waals surface area contributed by atoms with E-state index in [1.54, 1.807) is 18.2 Å². The maximum absolute atomic E-state index is 9.98. The van der Waals surface area contributed by atoms with Crippen LogP contribution in [0.2, 0.25) is 5.02 Å². The molecule has 0 unspecified atom stereocenters. The standard InChI is InChI=1S/C10H7ClN2O2/c11-10-2-1-8(4-12-6-14)9(3-10)5-13-7-15/h1-3H,4-5H2. The van der Waals surface area contributed by atoms with Crippen LogP contribution in [0.1, 0.15) is 11.1 Å². The number of nitrogens with zero attached hydrogens (tertiary/aromatic N) is 2. The molecule has 0 atom stereocenters. The third-order valence-corrected chi connectivity index (χ3v) is 2.03.